The summed E-state index contributed by atoms with van der Waals surface area (Å²) >= 11 is 1.31. The van der Waals surface area contributed by atoms with Crippen LogP contribution in [-0.4, -0.2) is 30.6 Å². The second kappa shape index (κ2) is 11.6. The molecule has 2 N–H and O–H groups in total. The first-order chi connectivity index (χ1) is 17.5. The summed E-state index contributed by atoms with van der Waals surface area (Å²) in [5.74, 6) is -1.62. The Balaban J connectivity index is 1.31. The molecule has 9 heteroatoms. The molecule has 2 aromatic carbocycles. The van der Waals surface area contributed by atoms with Crippen LogP contribution >= 0.6 is 11.3 Å². The van der Waals surface area contributed by atoms with Crippen molar-refractivity contribution in [2.75, 3.05) is 11.9 Å². The maximum atomic E-state index is 12.4. The maximum Gasteiger partial charge on any atom is 0.341 e. The normalized spacial score (nSPS) is 12.3. The van der Waals surface area contributed by atoms with Crippen LogP contribution in [0.2, 0.25) is 0 Å². The molecule has 0 atom stereocenters. The van der Waals surface area contributed by atoms with Crippen LogP contribution < -0.4 is 15.5 Å². The highest BCUT2D eigenvalue weighted by Gasteiger charge is 2.29. The molecule has 2 amide bonds. The predicted molar refractivity (Wildman–Crippen MR) is 139 cm³/mol. The van der Waals surface area contributed by atoms with Crippen LogP contribution in [0.5, 0.6) is 5.75 Å². The smallest absolute Gasteiger partial charge is 0.341 e. The van der Waals surface area contributed by atoms with Gasteiger partial charge in [-0.1, -0.05) is 24.3 Å². The summed E-state index contributed by atoms with van der Waals surface area (Å²) in [6.07, 6.45) is 3.98. The first-order valence-electron chi connectivity index (χ1n) is 11.7. The fraction of sp³-hybridized carbons (Fsp3) is 0.259. The SMILES string of the molecule is CCOC(=O)c1c(NC(=O)C(=O)N/N=C/c2ccc(OCc3ccccc3C)cc2)sc2c1CCC2. The van der Waals surface area contributed by atoms with E-state index in [1.807, 2.05) is 31.2 Å². The topological polar surface area (TPSA) is 106 Å². The number of carbonyl (C=O) groups excluding carboxylic acids is 3. The maximum absolute atomic E-state index is 12.4. The minimum atomic E-state index is -0.937. The Morgan fingerprint density at radius 3 is 2.58 bits per heavy atom. The van der Waals surface area contributed by atoms with Crippen molar-refractivity contribution in [3.8, 4) is 5.75 Å². The number of carbonyl (C=O) groups is 3. The zero-order valence-electron chi connectivity index (χ0n) is 20.1. The van der Waals surface area contributed by atoms with Gasteiger partial charge in [0.05, 0.1) is 18.4 Å². The second-order valence-electron chi connectivity index (χ2n) is 8.22. The summed E-state index contributed by atoms with van der Waals surface area (Å²) < 4.78 is 11.0. The number of thiophene rings is 1. The van der Waals surface area contributed by atoms with E-state index in [4.69, 9.17) is 9.47 Å². The monoisotopic (exact) mass is 505 g/mol. The lowest BCUT2D eigenvalue weighted by atomic mass is 10.1. The summed E-state index contributed by atoms with van der Waals surface area (Å²) in [6, 6.07) is 15.2. The van der Waals surface area contributed by atoms with Crippen molar-refractivity contribution in [1.82, 2.24) is 5.43 Å². The van der Waals surface area contributed by atoms with Crippen LogP contribution in [0.3, 0.4) is 0 Å². The first-order valence-corrected chi connectivity index (χ1v) is 12.5. The average molecular weight is 506 g/mol. The van der Waals surface area contributed by atoms with E-state index < -0.39 is 17.8 Å². The van der Waals surface area contributed by atoms with Crippen LogP contribution in [0, 0.1) is 6.92 Å². The molecule has 4 rings (SSSR count). The van der Waals surface area contributed by atoms with Crippen molar-refractivity contribution in [2.24, 2.45) is 5.10 Å². The van der Waals surface area contributed by atoms with Gasteiger partial charge in [-0.25, -0.2) is 10.2 Å². The number of amides is 2. The predicted octanol–water partition coefficient (Wildman–Crippen LogP) is 4.39. The van der Waals surface area contributed by atoms with E-state index in [1.165, 1.54) is 23.1 Å². The van der Waals surface area contributed by atoms with Crippen molar-refractivity contribution in [3.63, 3.8) is 0 Å². The molecule has 0 saturated heterocycles. The number of hydrogen-bond donors (Lipinski definition) is 2. The largest absolute Gasteiger partial charge is 0.489 e. The fourth-order valence-electron chi connectivity index (χ4n) is 3.87. The van der Waals surface area contributed by atoms with E-state index in [1.54, 1.807) is 31.2 Å². The highest BCUT2D eigenvalue weighted by atomic mass is 32.1. The Labute approximate surface area is 213 Å². The first kappa shape index (κ1) is 25.1. The molecule has 1 aliphatic carbocycles. The molecule has 0 fully saturated rings. The number of ether oxygens (including phenoxy) is 2. The van der Waals surface area contributed by atoms with Gasteiger partial charge < -0.3 is 14.8 Å². The summed E-state index contributed by atoms with van der Waals surface area (Å²) in [5.41, 5.74) is 6.47. The lowest BCUT2D eigenvalue weighted by Gasteiger charge is -2.08. The third-order valence-electron chi connectivity index (χ3n) is 5.75. The zero-order valence-corrected chi connectivity index (χ0v) is 20.9. The van der Waals surface area contributed by atoms with Crippen LogP contribution in [0.15, 0.2) is 53.6 Å². The summed E-state index contributed by atoms with van der Waals surface area (Å²) in [6.45, 7) is 4.46. The van der Waals surface area contributed by atoms with Gasteiger partial charge in [-0.3, -0.25) is 9.59 Å². The van der Waals surface area contributed by atoms with Gasteiger partial charge >= 0.3 is 17.8 Å². The summed E-state index contributed by atoms with van der Waals surface area (Å²) in [7, 11) is 0. The second-order valence-corrected chi connectivity index (χ2v) is 9.32. The van der Waals surface area contributed by atoms with Crippen LogP contribution in [0.25, 0.3) is 0 Å². The van der Waals surface area contributed by atoms with Crippen LogP contribution in [0.4, 0.5) is 5.00 Å². The minimum absolute atomic E-state index is 0.228. The Morgan fingerprint density at radius 1 is 1.06 bits per heavy atom. The highest BCUT2D eigenvalue weighted by Crippen LogP contribution is 2.39. The molecule has 1 heterocycles. The Kier molecular flexibility index (Phi) is 8.12. The number of anilines is 1. The minimum Gasteiger partial charge on any atom is -0.489 e. The van der Waals surface area contributed by atoms with Crippen molar-refractivity contribution in [2.45, 2.75) is 39.7 Å². The van der Waals surface area contributed by atoms with Crippen molar-refractivity contribution >= 4 is 40.3 Å². The van der Waals surface area contributed by atoms with Crippen molar-refractivity contribution < 1.29 is 23.9 Å². The number of nitrogens with one attached hydrogen (secondary N) is 2. The molecule has 0 saturated carbocycles. The highest BCUT2D eigenvalue weighted by molar-refractivity contribution is 7.17. The Bertz CT molecular complexity index is 1300. The van der Waals surface area contributed by atoms with E-state index in [0.29, 0.717) is 22.9 Å². The molecule has 0 bridgehead atoms. The summed E-state index contributed by atoms with van der Waals surface area (Å²) in [4.78, 5) is 38.1. The molecule has 36 heavy (non-hydrogen) atoms. The Hall–Kier alpha value is -3.98. The molecule has 8 nitrogen and oxygen atoms in total. The molecule has 3 aromatic rings. The average Bonchev–Trinajstić information content (AvgIpc) is 3.45. The van der Waals surface area contributed by atoms with Crippen molar-refractivity contribution in [3.05, 3.63) is 81.2 Å². The van der Waals surface area contributed by atoms with E-state index in [0.717, 1.165) is 40.8 Å². The molecule has 1 aliphatic rings. The molecular formula is C27H27N3O5S. The fourth-order valence-corrected chi connectivity index (χ4v) is 5.14. The van der Waals surface area contributed by atoms with Gasteiger partial charge in [-0.05, 0) is 79.6 Å². The van der Waals surface area contributed by atoms with Crippen LogP contribution in [0.1, 0.15) is 50.8 Å². The summed E-state index contributed by atoms with van der Waals surface area (Å²) in [5, 5.41) is 6.74. The molecule has 0 spiro atoms. The quantitative estimate of drug-likeness (QED) is 0.204. The number of hydrogen-bond acceptors (Lipinski definition) is 7. The number of rotatable bonds is 8. The van der Waals surface area contributed by atoms with Gasteiger partial charge in [-0.2, -0.15) is 5.10 Å². The van der Waals surface area contributed by atoms with E-state index in [2.05, 4.69) is 15.8 Å². The van der Waals surface area contributed by atoms with Crippen molar-refractivity contribution in [1.29, 1.82) is 0 Å². The third-order valence-corrected chi connectivity index (χ3v) is 6.96. The molecule has 186 valence electrons. The lowest BCUT2D eigenvalue weighted by molar-refractivity contribution is -0.136. The standard InChI is InChI=1S/C27H27N3O5S/c1-3-34-27(33)23-21-9-6-10-22(21)36-26(23)29-24(31)25(32)30-28-15-18-11-13-20(14-12-18)35-16-19-8-5-4-7-17(19)2/h4-5,7-8,11-15H,3,6,9-10,16H2,1-2H3,(H,29,31)(H,30,32)/b28-15+. The number of aryl methyl sites for hydroxylation is 2. The van der Waals surface area contributed by atoms with E-state index in [9.17, 15) is 14.4 Å². The molecule has 0 aliphatic heterocycles. The lowest BCUT2D eigenvalue weighted by Crippen LogP contribution is -2.32. The van der Waals surface area contributed by atoms with Gasteiger partial charge in [0.2, 0.25) is 0 Å². The van der Waals surface area contributed by atoms with E-state index >= 15 is 0 Å². The molecule has 0 radical (unpaired) electrons. The van der Waals surface area contributed by atoms with Gasteiger partial charge in [0.15, 0.2) is 0 Å². The molecule has 1 aromatic heterocycles. The van der Waals surface area contributed by atoms with Gasteiger partial charge in [0, 0.05) is 4.88 Å². The zero-order chi connectivity index (χ0) is 25.5. The number of benzene rings is 2. The van der Waals surface area contributed by atoms with Crippen LogP contribution in [-0.2, 0) is 33.8 Å². The number of hydrazone groups is 1. The molecule has 0 unspecified atom stereocenters. The van der Waals surface area contributed by atoms with Gasteiger partial charge in [0.1, 0.15) is 17.4 Å². The van der Waals surface area contributed by atoms with Gasteiger partial charge in [0.25, 0.3) is 0 Å². The number of nitrogens with zero attached hydrogens (tertiary/aromatic N) is 1. The Morgan fingerprint density at radius 2 is 1.83 bits per heavy atom. The molecular weight excluding hydrogens is 478 g/mol. The van der Waals surface area contributed by atoms with E-state index in [-0.39, 0.29) is 6.61 Å². The third kappa shape index (κ3) is 5.98. The number of esters is 1. The van der Waals surface area contributed by atoms with Gasteiger partial charge in [-0.15, -0.1) is 11.3 Å². The number of fused-ring (bicyclic) bond motifs is 1.